The van der Waals surface area contributed by atoms with Crippen molar-refractivity contribution in [2.45, 2.75) is 45.3 Å². The van der Waals surface area contributed by atoms with Gasteiger partial charge in [-0.15, -0.1) is 0 Å². The summed E-state index contributed by atoms with van der Waals surface area (Å²) in [5.41, 5.74) is -0.656. The Morgan fingerprint density at radius 3 is 2.42 bits per heavy atom. The average Bonchev–Trinajstić information content (AvgIpc) is 1.96. The van der Waals surface area contributed by atoms with Crippen molar-refractivity contribution >= 4 is 0 Å². The zero-order chi connectivity index (χ0) is 9.61. The Kier molecular flexibility index (Phi) is 5.46. The molecule has 1 atom stereocenters. The first-order valence-corrected chi connectivity index (χ1v) is 4.57. The van der Waals surface area contributed by atoms with Gasteiger partial charge in [0.25, 0.3) is 0 Å². The maximum absolute atomic E-state index is 9.32. The van der Waals surface area contributed by atoms with Crippen LogP contribution in [0.3, 0.4) is 0 Å². The largest absolute Gasteiger partial charge is 0.393 e. The molecule has 0 amide bonds. The van der Waals surface area contributed by atoms with Crippen LogP contribution in [0.5, 0.6) is 0 Å². The molecule has 0 heterocycles. The third kappa shape index (κ3) is 7.98. The molecule has 0 radical (unpaired) electrons. The van der Waals surface area contributed by atoms with Crippen LogP contribution in [0.4, 0.5) is 0 Å². The second-order valence-corrected chi connectivity index (χ2v) is 3.84. The molecular formula is C9H21NO2. The van der Waals surface area contributed by atoms with E-state index in [1.165, 1.54) is 0 Å². The van der Waals surface area contributed by atoms with Gasteiger partial charge >= 0.3 is 0 Å². The minimum absolute atomic E-state index is 0.209. The van der Waals surface area contributed by atoms with E-state index in [2.05, 4.69) is 5.32 Å². The highest BCUT2D eigenvalue weighted by atomic mass is 16.3. The van der Waals surface area contributed by atoms with Crippen LogP contribution in [-0.2, 0) is 0 Å². The highest BCUT2D eigenvalue weighted by Gasteiger charge is 2.10. The Bertz CT molecular complexity index is 110. The van der Waals surface area contributed by atoms with Crippen molar-refractivity contribution in [3.8, 4) is 0 Å². The molecule has 0 aromatic heterocycles. The summed E-state index contributed by atoms with van der Waals surface area (Å²) in [6, 6.07) is 0. The molecule has 0 saturated carbocycles. The lowest BCUT2D eigenvalue weighted by molar-refractivity contribution is 0.0777. The standard InChI is InChI=1S/C9H21NO2/c1-4-8(11)5-6-10-7-9(2,3)12/h8,10-12H,4-7H2,1-3H3. The molecule has 0 aromatic rings. The normalized spacial score (nSPS) is 14.8. The van der Waals surface area contributed by atoms with Crippen LogP contribution in [0, 0.1) is 0 Å². The number of nitrogens with one attached hydrogen (secondary N) is 1. The Morgan fingerprint density at radius 2 is 2.00 bits per heavy atom. The number of hydrogen-bond acceptors (Lipinski definition) is 3. The topological polar surface area (TPSA) is 52.5 Å². The lowest BCUT2D eigenvalue weighted by Gasteiger charge is -2.18. The minimum Gasteiger partial charge on any atom is -0.393 e. The summed E-state index contributed by atoms with van der Waals surface area (Å²) >= 11 is 0. The number of rotatable bonds is 6. The SMILES string of the molecule is CCC(O)CCNCC(C)(C)O. The monoisotopic (exact) mass is 175 g/mol. The Morgan fingerprint density at radius 1 is 1.42 bits per heavy atom. The molecule has 12 heavy (non-hydrogen) atoms. The molecule has 0 aliphatic rings. The van der Waals surface area contributed by atoms with Crippen LogP contribution in [-0.4, -0.2) is 35.0 Å². The van der Waals surface area contributed by atoms with Gasteiger partial charge in [0.05, 0.1) is 11.7 Å². The fraction of sp³-hybridized carbons (Fsp3) is 1.00. The zero-order valence-corrected chi connectivity index (χ0v) is 8.30. The lowest BCUT2D eigenvalue weighted by atomic mass is 10.1. The summed E-state index contributed by atoms with van der Waals surface area (Å²) in [4.78, 5) is 0. The van der Waals surface area contributed by atoms with Crippen molar-refractivity contribution in [1.82, 2.24) is 5.32 Å². The van der Waals surface area contributed by atoms with E-state index in [-0.39, 0.29) is 6.10 Å². The van der Waals surface area contributed by atoms with Gasteiger partial charge in [-0.3, -0.25) is 0 Å². The van der Waals surface area contributed by atoms with Crippen LogP contribution in [0.25, 0.3) is 0 Å². The van der Waals surface area contributed by atoms with E-state index in [9.17, 15) is 10.2 Å². The molecule has 1 unspecified atom stereocenters. The quantitative estimate of drug-likeness (QED) is 0.515. The van der Waals surface area contributed by atoms with Gasteiger partial charge in [0.1, 0.15) is 0 Å². The smallest absolute Gasteiger partial charge is 0.0715 e. The molecule has 0 bridgehead atoms. The molecule has 3 N–H and O–H groups in total. The number of aliphatic hydroxyl groups excluding tert-OH is 1. The predicted molar refractivity (Wildman–Crippen MR) is 50.1 cm³/mol. The fourth-order valence-electron chi connectivity index (χ4n) is 0.867. The summed E-state index contributed by atoms with van der Waals surface area (Å²) in [5, 5.41) is 21.6. The van der Waals surface area contributed by atoms with Gasteiger partial charge in [0, 0.05) is 6.54 Å². The molecule has 0 saturated heterocycles. The molecule has 0 spiro atoms. The summed E-state index contributed by atoms with van der Waals surface area (Å²) in [5.74, 6) is 0. The summed E-state index contributed by atoms with van der Waals surface area (Å²) in [6.07, 6.45) is 1.34. The van der Waals surface area contributed by atoms with Crippen molar-refractivity contribution in [3.63, 3.8) is 0 Å². The van der Waals surface area contributed by atoms with Crippen molar-refractivity contribution in [2.75, 3.05) is 13.1 Å². The van der Waals surface area contributed by atoms with E-state index >= 15 is 0 Å². The molecule has 74 valence electrons. The van der Waals surface area contributed by atoms with E-state index in [0.717, 1.165) is 19.4 Å². The van der Waals surface area contributed by atoms with Crippen molar-refractivity contribution < 1.29 is 10.2 Å². The molecule has 0 rings (SSSR count). The average molecular weight is 175 g/mol. The van der Waals surface area contributed by atoms with Crippen molar-refractivity contribution in [2.24, 2.45) is 0 Å². The van der Waals surface area contributed by atoms with E-state index in [0.29, 0.717) is 6.54 Å². The Balaban J connectivity index is 3.22. The van der Waals surface area contributed by atoms with Gasteiger partial charge in [-0.05, 0) is 33.2 Å². The molecular weight excluding hydrogens is 154 g/mol. The van der Waals surface area contributed by atoms with Gasteiger partial charge < -0.3 is 15.5 Å². The van der Waals surface area contributed by atoms with Crippen LogP contribution in [0.1, 0.15) is 33.6 Å². The first-order chi connectivity index (χ1) is 5.45. The first kappa shape index (κ1) is 11.9. The first-order valence-electron chi connectivity index (χ1n) is 4.57. The van der Waals surface area contributed by atoms with E-state index in [1.54, 1.807) is 13.8 Å². The fourth-order valence-corrected chi connectivity index (χ4v) is 0.867. The molecule has 3 nitrogen and oxygen atoms in total. The van der Waals surface area contributed by atoms with Gasteiger partial charge in [0.15, 0.2) is 0 Å². The third-order valence-electron chi connectivity index (χ3n) is 1.68. The molecule has 0 aromatic carbocycles. The molecule has 0 fully saturated rings. The maximum Gasteiger partial charge on any atom is 0.0715 e. The summed E-state index contributed by atoms with van der Waals surface area (Å²) in [6.45, 7) is 6.82. The number of aliphatic hydroxyl groups is 2. The van der Waals surface area contributed by atoms with Gasteiger partial charge in [-0.2, -0.15) is 0 Å². The highest BCUT2D eigenvalue weighted by Crippen LogP contribution is 1.98. The zero-order valence-electron chi connectivity index (χ0n) is 8.30. The Hall–Kier alpha value is -0.120. The Labute approximate surface area is 74.8 Å². The number of hydrogen-bond donors (Lipinski definition) is 3. The van der Waals surface area contributed by atoms with E-state index in [4.69, 9.17) is 0 Å². The predicted octanol–water partition coefficient (Wildman–Crippen LogP) is 0.508. The van der Waals surface area contributed by atoms with Crippen LogP contribution in [0.15, 0.2) is 0 Å². The van der Waals surface area contributed by atoms with Crippen LogP contribution >= 0.6 is 0 Å². The van der Waals surface area contributed by atoms with Gasteiger partial charge in [-0.25, -0.2) is 0 Å². The summed E-state index contributed by atoms with van der Waals surface area (Å²) < 4.78 is 0. The third-order valence-corrected chi connectivity index (χ3v) is 1.68. The second-order valence-electron chi connectivity index (χ2n) is 3.84. The van der Waals surface area contributed by atoms with E-state index in [1.807, 2.05) is 6.92 Å². The molecule has 0 aliphatic carbocycles. The maximum atomic E-state index is 9.32. The second kappa shape index (κ2) is 5.51. The molecule has 0 aliphatic heterocycles. The lowest BCUT2D eigenvalue weighted by Crippen LogP contribution is -2.35. The van der Waals surface area contributed by atoms with E-state index < -0.39 is 5.60 Å². The van der Waals surface area contributed by atoms with Gasteiger partial charge in [-0.1, -0.05) is 6.92 Å². The van der Waals surface area contributed by atoms with Crippen molar-refractivity contribution in [3.05, 3.63) is 0 Å². The van der Waals surface area contributed by atoms with Gasteiger partial charge in [0.2, 0.25) is 0 Å². The minimum atomic E-state index is -0.656. The van der Waals surface area contributed by atoms with Crippen molar-refractivity contribution in [1.29, 1.82) is 0 Å². The van der Waals surface area contributed by atoms with Crippen LogP contribution in [0.2, 0.25) is 0 Å². The highest BCUT2D eigenvalue weighted by molar-refractivity contribution is 4.68. The molecule has 3 heteroatoms. The summed E-state index contributed by atoms with van der Waals surface area (Å²) in [7, 11) is 0. The van der Waals surface area contributed by atoms with Crippen LogP contribution < -0.4 is 5.32 Å².